The van der Waals surface area contributed by atoms with Crippen molar-refractivity contribution in [2.24, 2.45) is 0 Å². The Morgan fingerprint density at radius 1 is 1.04 bits per heavy atom. The molecule has 0 saturated heterocycles. The first kappa shape index (κ1) is 20.6. The third kappa shape index (κ3) is 4.71. The zero-order chi connectivity index (χ0) is 20.0. The van der Waals surface area contributed by atoms with E-state index in [1.165, 1.54) is 21.3 Å². The minimum atomic E-state index is -0.764. The van der Waals surface area contributed by atoms with Crippen LogP contribution in [-0.4, -0.2) is 50.3 Å². The fourth-order valence-corrected chi connectivity index (χ4v) is 2.90. The molecule has 2 aromatic rings. The Balaban J connectivity index is 2.16. The van der Waals surface area contributed by atoms with Crippen molar-refractivity contribution in [3.63, 3.8) is 0 Å². The topological polar surface area (TPSA) is 68.2 Å². The Bertz CT molecular complexity index is 737. The van der Waals surface area contributed by atoms with Gasteiger partial charge in [0.05, 0.1) is 39.9 Å². The second kappa shape index (κ2) is 9.28. The van der Waals surface area contributed by atoms with Gasteiger partial charge in [-0.2, -0.15) is 0 Å². The lowest BCUT2D eigenvalue weighted by Crippen LogP contribution is -2.39. The summed E-state index contributed by atoms with van der Waals surface area (Å²) in [7, 11) is 6.30. The van der Waals surface area contributed by atoms with Gasteiger partial charge in [0.2, 0.25) is 11.7 Å². The quantitative estimate of drug-likeness (QED) is 0.771. The molecule has 0 bridgehead atoms. The van der Waals surface area contributed by atoms with Crippen LogP contribution in [0.15, 0.2) is 42.5 Å². The first-order valence-corrected chi connectivity index (χ1v) is 8.70. The van der Waals surface area contributed by atoms with Crippen LogP contribution < -0.4 is 14.2 Å². The average Bonchev–Trinajstić information content (AvgIpc) is 2.71. The molecule has 0 aliphatic heterocycles. The summed E-state index contributed by atoms with van der Waals surface area (Å²) in [6, 6.07) is 12.4. The standard InChI is InChI=1S/C21H27NO5/c1-14(20(24)16-9-7-6-8-10-16)22(2)19(23)13-15-11-17(25-3)21(27-5)18(12-15)26-4/h6-12,14,20,24H,13H2,1-5H3/t14-,20+/m1/s1. The van der Waals surface area contributed by atoms with Crippen LogP contribution in [0, 0.1) is 0 Å². The molecule has 27 heavy (non-hydrogen) atoms. The second-order valence-corrected chi connectivity index (χ2v) is 6.31. The predicted octanol–water partition coefficient (Wildman–Crippen LogP) is 2.84. The lowest BCUT2D eigenvalue weighted by molar-refractivity contribution is -0.133. The van der Waals surface area contributed by atoms with Crippen LogP contribution in [0.3, 0.4) is 0 Å². The number of ether oxygens (including phenoxy) is 3. The highest BCUT2D eigenvalue weighted by molar-refractivity contribution is 5.79. The molecule has 2 aromatic carbocycles. The minimum absolute atomic E-state index is 0.119. The van der Waals surface area contributed by atoms with Gasteiger partial charge in [-0.3, -0.25) is 4.79 Å². The summed E-state index contributed by atoms with van der Waals surface area (Å²) in [5.41, 5.74) is 1.51. The molecule has 1 amide bonds. The van der Waals surface area contributed by atoms with Crippen molar-refractivity contribution in [2.45, 2.75) is 25.5 Å². The Morgan fingerprint density at radius 3 is 2.07 bits per heavy atom. The summed E-state index contributed by atoms with van der Waals surface area (Å²) < 4.78 is 16.0. The number of methoxy groups -OCH3 is 3. The SMILES string of the molecule is COc1cc(CC(=O)N(C)[C@H](C)[C@H](O)c2ccccc2)cc(OC)c1OC. The first-order valence-electron chi connectivity index (χ1n) is 8.70. The van der Waals surface area contributed by atoms with Crippen molar-refractivity contribution >= 4 is 5.91 Å². The number of carbonyl (C=O) groups is 1. The number of nitrogens with zero attached hydrogens (tertiary/aromatic N) is 1. The van der Waals surface area contributed by atoms with E-state index in [0.29, 0.717) is 17.2 Å². The van der Waals surface area contributed by atoms with Crippen LogP contribution in [0.25, 0.3) is 0 Å². The summed E-state index contributed by atoms with van der Waals surface area (Å²) in [5, 5.41) is 10.6. The maximum atomic E-state index is 12.7. The summed E-state index contributed by atoms with van der Waals surface area (Å²) in [6.07, 6.45) is -0.612. The molecule has 0 unspecified atom stereocenters. The molecule has 0 aromatic heterocycles. The normalized spacial score (nSPS) is 12.8. The number of hydrogen-bond donors (Lipinski definition) is 1. The van der Waals surface area contributed by atoms with Crippen LogP contribution >= 0.6 is 0 Å². The van der Waals surface area contributed by atoms with Gasteiger partial charge in [-0.05, 0) is 30.2 Å². The summed E-state index contributed by atoms with van der Waals surface area (Å²) >= 11 is 0. The van der Waals surface area contributed by atoms with E-state index in [1.54, 1.807) is 24.1 Å². The zero-order valence-electron chi connectivity index (χ0n) is 16.4. The highest BCUT2D eigenvalue weighted by Gasteiger charge is 2.24. The van der Waals surface area contributed by atoms with Gasteiger partial charge in [0.1, 0.15) is 0 Å². The van der Waals surface area contributed by atoms with E-state index in [9.17, 15) is 9.90 Å². The van der Waals surface area contributed by atoms with E-state index >= 15 is 0 Å². The molecule has 0 aliphatic carbocycles. The number of hydrogen-bond acceptors (Lipinski definition) is 5. The van der Waals surface area contributed by atoms with Crippen molar-refractivity contribution in [2.75, 3.05) is 28.4 Å². The highest BCUT2D eigenvalue weighted by Crippen LogP contribution is 2.38. The van der Waals surface area contributed by atoms with Crippen LogP contribution in [-0.2, 0) is 11.2 Å². The Labute approximate surface area is 160 Å². The van der Waals surface area contributed by atoms with Crippen molar-refractivity contribution < 1.29 is 24.1 Å². The number of aliphatic hydroxyl groups excluding tert-OH is 1. The van der Waals surface area contributed by atoms with Crippen molar-refractivity contribution in [3.8, 4) is 17.2 Å². The molecule has 0 spiro atoms. The van der Waals surface area contributed by atoms with Crippen LogP contribution in [0.5, 0.6) is 17.2 Å². The Hall–Kier alpha value is -2.73. The van der Waals surface area contributed by atoms with Crippen molar-refractivity contribution in [3.05, 3.63) is 53.6 Å². The lowest BCUT2D eigenvalue weighted by atomic mass is 10.0. The first-order chi connectivity index (χ1) is 12.9. The fourth-order valence-electron chi connectivity index (χ4n) is 2.90. The molecule has 6 nitrogen and oxygen atoms in total. The van der Waals surface area contributed by atoms with Gasteiger partial charge in [0.15, 0.2) is 11.5 Å². The van der Waals surface area contributed by atoms with Gasteiger partial charge in [-0.25, -0.2) is 0 Å². The number of benzene rings is 2. The van der Waals surface area contributed by atoms with E-state index < -0.39 is 6.10 Å². The summed E-state index contributed by atoms with van der Waals surface area (Å²) in [5.74, 6) is 1.36. The van der Waals surface area contributed by atoms with E-state index in [2.05, 4.69) is 0 Å². The number of amides is 1. The molecule has 0 radical (unpaired) electrons. The molecule has 0 heterocycles. The lowest BCUT2D eigenvalue weighted by Gasteiger charge is -2.29. The maximum Gasteiger partial charge on any atom is 0.227 e. The van der Waals surface area contributed by atoms with Crippen LogP contribution in [0.2, 0.25) is 0 Å². The molecule has 6 heteroatoms. The third-order valence-corrected chi connectivity index (χ3v) is 4.68. The molecular weight excluding hydrogens is 346 g/mol. The van der Waals surface area contributed by atoms with Gasteiger partial charge in [0.25, 0.3) is 0 Å². The number of likely N-dealkylation sites (N-methyl/N-ethyl adjacent to an activating group) is 1. The molecule has 0 fully saturated rings. The molecule has 146 valence electrons. The second-order valence-electron chi connectivity index (χ2n) is 6.31. The molecule has 1 N–H and O–H groups in total. The predicted molar refractivity (Wildman–Crippen MR) is 103 cm³/mol. The number of aliphatic hydroxyl groups is 1. The van der Waals surface area contributed by atoms with Crippen molar-refractivity contribution in [1.29, 1.82) is 0 Å². The van der Waals surface area contributed by atoms with E-state index in [-0.39, 0.29) is 18.4 Å². The smallest absolute Gasteiger partial charge is 0.227 e. The van der Waals surface area contributed by atoms with Gasteiger partial charge in [0, 0.05) is 7.05 Å². The fraction of sp³-hybridized carbons (Fsp3) is 0.381. The van der Waals surface area contributed by atoms with Gasteiger partial charge in [-0.1, -0.05) is 30.3 Å². The Kier molecular flexibility index (Phi) is 7.07. The van der Waals surface area contributed by atoms with Crippen LogP contribution in [0.4, 0.5) is 0 Å². The van der Waals surface area contributed by atoms with E-state index in [1.807, 2.05) is 37.3 Å². The molecule has 0 aliphatic rings. The monoisotopic (exact) mass is 373 g/mol. The molecule has 2 atom stereocenters. The maximum absolute atomic E-state index is 12.7. The molecule has 2 rings (SSSR count). The van der Waals surface area contributed by atoms with Crippen molar-refractivity contribution in [1.82, 2.24) is 4.90 Å². The van der Waals surface area contributed by atoms with Crippen LogP contribution in [0.1, 0.15) is 24.2 Å². The van der Waals surface area contributed by atoms with Gasteiger partial charge < -0.3 is 24.2 Å². The summed E-state index contributed by atoms with van der Waals surface area (Å²) in [6.45, 7) is 1.82. The Morgan fingerprint density at radius 2 is 1.59 bits per heavy atom. The number of rotatable bonds is 8. The third-order valence-electron chi connectivity index (χ3n) is 4.68. The van der Waals surface area contributed by atoms with E-state index in [0.717, 1.165) is 11.1 Å². The molecule has 0 saturated carbocycles. The largest absolute Gasteiger partial charge is 0.493 e. The number of carbonyl (C=O) groups excluding carboxylic acids is 1. The average molecular weight is 373 g/mol. The molecular formula is C21H27NO5. The highest BCUT2D eigenvalue weighted by atomic mass is 16.5. The van der Waals surface area contributed by atoms with E-state index in [4.69, 9.17) is 14.2 Å². The zero-order valence-corrected chi connectivity index (χ0v) is 16.4. The van der Waals surface area contributed by atoms with Gasteiger partial charge >= 0.3 is 0 Å². The summed E-state index contributed by atoms with van der Waals surface area (Å²) in [4.78, 5) is 14.3. The van der Waals surface area contributed by atoms with Gasteiger partial charge in [-0.15, -0.1) is 0 Å². The minimum Gasteiger partial charge on any atom is -0.493 e.